The highest BCUT2D eigenvalue weighted by molar-refractivity contribution is 5.73. The molecule has 1 spiro atoms. The van der Waals surface area contributed by atoms with Crippen molar-refractivity contribution in [3.8, 4) is 5.88 Å². The molecule has 1 unspecified atom stereocenters. The molecular weight excluding hydrogens is 443 g/mol. The highest BCUT2D eigenvalue weighted by atomic mass is 19.4. The van der Waals surface area contributed by atoms with Gasteiger partial charge >= 0.3 is 12.1 Å². The van der Waals surface area contributed by atoms with Gasteiger partial charge in [-0.15, -0.1) is 0 Å². The maximum Gasteiger partial charge on any atom is 0.490 e. The van der Waals surface area contributed by atoms with Crippen LogP contribution in [-0.2, 0) is 23.1 Å². The lowest BCUT2D eigenvalue weighted by molar-refractivity contribution is -0.192. The quantitative estimate of drug-likeness (QED) is 0.686. The molecule has 0 aromatic carbocycles. The molecule has 2 aliphatic heterocycles. The maximum atomic E-state index is 10.6. The lowest BCUT2D eigenvalue weighted by Crippen LogP contribution is -2.64. The molecule has 0 saturated carbocycles. The molecule has 0 aliphatic carbocycles. The average molecular weight is 471 g/mol. The van der Waals surface area contributed by atoms with E-state index in [4.69, 9.17) is 19.4 Å². The second-order valence-electron chi connectivity index (χ2n) is 8.42. The number of alkyl halides is 3. The number of halogens is 3. The molecule has 2 fully saturated rings. The van der Waals surface area contributed by atoms with Gasteiger partial charge in [-0.3, -0.25) is 14.6 Å². The van der Waals surface area contributed by atoms with Crippen molar-refractivity contribution >= 4 is 5.97 Å². The summed E-state index contributed by atoms with van der Waals surface area (Å²) >= 11 is 0. The van der Waals surface area contributed by atoms with Crippen LogP contribution in [0.4, 0.5) is 13.2 Å². The Morgan fingerprint density at radius 2 is 2.09 bits per heavy atom. The summed E-state index contributed by atoms with van der Waals surface area (Å²) in [7, 11) is 2.02. The predicted molar refractivity (Wildman–Crippen MR) is 110 cm³/mol. The summed E-state index contributed by atoms with van der Waals surface area (Å²) in [5, 5.41) is 11.6. The van der Waals surface area contributed by atoms with Gasteiger partial charge in [0.15, 0.2) is 0 Å². The van der Waals surface area contributed by atoms with Crippen LogP contribution in [-0.4, -0.2) is 73.8 Å². The van der Waals surface area contributed by atoms with Gasteiger partial charge in [0.05, 0.1) is 29.8 Å². The number of aliphatic carboxylic acids is 1. The number of nitrogens with zero attached hydrogens (tertiary/aromatic N) is 5. The number of ether oxygens (including phenoxy) is 2. The third-order valence-electron chi connectivity index (χ3n) is 5.66. The van der Waals surface area contributed by atoms with Crippen LogP contribution >= 0.6 is 0 Å². The van der Waals surface area contributed by atoms with Crippen LogP contribution < -0.4 is 4.74 Å². The molecule has 2 aromatic rings. The Bertz CT molecular complexity index is 916. The largest absolute Gasteiger partial charge is 0.490 e. The zero-order valence-corrected chi connectivity index (χ0v) is 18.6. The summed E-state index contributed by atoms with van der Waals surface area (Å²) in [5.41, 5.74) is 2.39. The van der Waals surface area contributed by atoms with Crippen molar-refractivity contribution in [2.75, 3.05) is 26.3 Å². The van der Waals surface area contributed by atoms with Gasteiger partial charge in [0, 0.05) is 45.7 Å². The van der Waals surface area contributed by atoms with Crippen molar-refractivity contribution in [3.63, 3.8) is 0 Å². The zero-order chi connectivity index (χ0) is 24.1. The minimum absolute atomic E-state index is 0.0447. The second-order valence-corrected chi connectivity index (χ2v) is 8.42. The van der Waals surface area contributed by atoms with Crippen LogP contribution in [0.5, 0.6) is 5.88 Å². The smallest absolute Gasteiger partial charge is 0.477 e. The molecule has 4 rings (SSSR count). The fourth-order valence-corrected chi connectivity index (χ4v) is 4.21. The molecule has 33 heavy (non-hydrogen) atoms. The molecular formula is C21H28F3N5O4. The third kappa shape index (κ3) is 7.13. The van der Waals surface area contributed by atoms with Gasteiger partial charge in [-0.2, -0.15) is 18.3 Å². The molecule has 0 radical (unpaired) electrons. The second kappa shape index (κ2) is 10.5. The Balaban J connectivity index is 0.000000383. The Morgan fingerprint density at radius 3 is 2.67 bits per heavy atom. The first-order valence-corrected chi connectivity index (χ1v) is 10.6. The standard InChI is InChI=1S/C19H27N5O2.C2HF3O2/c1-15-9-17(23(2)22-15)12-24-13-19(14-24)10-16(4-8-26-19)3-7-25-18-11-20-5-6-21-18;3-2(4,5)1(6)7/h5-6,9,11,16H,3-4,7-8,10,12-14H2,1-2H3;(H,6,7). The molecule has 4 heterocycles. The third-order valence-corrected chi connectivity index (χ3v) is 5.66. The van der Waals surface area contributed by atoms with Crippen molar-refractivity contribution in [2.45, 2.75) is 44.5 Å². The van der Waals surface area contributed by atoms with E-state index < -0.39 is 12.1 Å². The van der Waals surface area contributed by atoms with Gasteiger partial charge in [-0.1, -0.05) is 0 Å². The zero-order valence-electron chi connectivity index (χ0n) is 18.6. The van der Waals surface area contributed by atoms with Gasteiger partial charge in [-0.25, -0.2) is 9.78 Å². The van der Waals surface area contributed by atoms with Crippen molar-refractivity contribution in [2.24, 2.45) is 13.0 Å². The molecule has 0 amide bonds. The highest BCUT2D eigenvalue weighted by Gasteiger charge is 2.47. The van der Waals surface area contributed by atoms with Crippen LogP contribution in [0.2, 0.25) is 0 Å². The Hall–Kier alpha value is -2.73. The summed E-state index contributed by atoms with van der Waals surface area (Å²) in [6.07, 6.45) is 3.18. The lowest BCUT2D eigenvalue weighted by atomic mass is 9.79. The number of aryl methyl sites for hydroxylation is 2. The average Bonchev–Trinajstić information content (AvgIpc) is 3.04. The van der Waals surface area contributed by atoms with E-state index >= 15 is 0 Å². The fraction of sp³-hybridized carbons (Fsp3) is 0.619. The summed E-state index contributed by atoms with van der Waals surface area (Å²) in [4.78, 5) is 19.5. The summed E-state index contributed by atoms with van der Waals surface area (Å²) in [6.45, 7) is 6.56. The van der Waals surface area contributed by atoms with Crippen LogP contribution in [0.3, 0.4) is 0 Å². The minimum Gasteiger partial charge on any atom is -0.477 e. The van der Waals surface area contributed by atoms with Crippen LogP contribution in [0.25, 0.3) is 0 Å². The van der Waals surface area contributed by atoms with E-state index in [1.807, 2.05) is 18.7 Å². The summed E-state index contributed by atoms with van der Waals surface area (Å²) in [6, 6.07) is 2.17. The highest BCUT2D eigenvalue weighted by Crippen LogP contribution is 2.38. The molecule has 2 aromatic heterocycles. The molecule has 1 N–H and O–H groups in total. The first-order valence-electron chi connectivity index (χ1n) is 10.6. The molecule has 2 aliphatic rings. The van der Waals surface area contributed by atoms with Crippen molar-refractivity contribution in [1.82, 2.24) is 24.6 Å². The molecule has 0 bridgehead atoms. The minimum atomic E-state index is -5.08. The topological polar surface area (TPSA) is 103 Å². The number of carbonyl (C=O) groups is 1. The Kier molecular flexibility index (Phi) is 7.90. The number of likely N-dealkylation sites (tertiary alicyclic amines) is 1. The number of hydrogen-bond donors (Lipinski definition) is 1. The molecule has 2 saturated heterocycles. The van der Waals surface area contributed by atoms with Crippen LogP contribution in [0, 0.1) is 12.8 Å². The number of aromatic nitrogens is 4. The van der Waals surface area contributed by atoms with Crippen molar-refractivity contribution < 1.29 is 32.5 Å². The van der Waals surface area contributed by atoms with Crippen LogP contribution in [0.15, 0.2) is 24.7 Å². The van der Waals surface area contributed by atoms with Gasteiger partial charge in [0.1, 0.15) is 0 Å². The normalized spacial score (nSPS) is 20.0. The molecule has 182 valence electrons. The van der Waals surface area contributed by atoms with E-state index in [0.717, 1.165) is 51.2 Å². The van der Waals surface area contributed by atoms with E-state index in [9.17, 15) is 13.2 Å². The number of hydrogen-bond acceptors (Lipinski definition) is 7. The van der Waals surface area contributed by atoms with Crippen molar-refractivity contribution in [3.05, 3.63) is 36.0 Å². The SMILES string of the molecule is Cc1cc(CN2CC3(CC(CCOc4cnccn4)CCO3)C2)n(C)n1.O=C(O)C(F)(F)F. The van der Waals surface area contributed by atoms with Crippen LogP contribution in [0.1, 0.15) is 30.7 Å². The van der Waals surface area contributed by atoms with Gasteiger partial charge in [0.25, 0.3) is 0 Å². The maximum absolute atomic E-state index is 10.6. The van der Waals surface area contributed by atoms with E-state index in [1.165, 1.54) is 5.69 Å². The molecule has 9 nitrogen and oxygen atoms in total. The van der Waals surface area contributed by atoms with E-state index in [2.05, 4.69) is 26.0 Å². The monoisotopic (exact) mass is 471 g/mol. The molecule has 1 atom stereocenters. The summed E-state index contributed by atoms with van der Waals surface area (Å²) in [5.74, 6) is -1.50. The van der Waals surface area contributed by atoms with E-state index in [1.54, 1.807) is 18.6 Å². The fourth-order valence-electron chi connectivity index (χ4n) is 4.21. The number of carboxylic acid groups (broad SMARTS) is 1. The van der Waals surface area contributed by atoms with E-state index in [-0.39, 0.29) is 5.60 Å². The number of carboxylic acids is 1. The van der Waals surface area contributed by atoms with Gasteiger partial charge < -0.3 is 14.6 Å². The summed E-state index contributed by atoms with van der Waals surface area (Å²) < 4.78 is 45.6. The van der Waals surface area contributed by atoms with E-state index in [0.29, 0.717) is 18.4 Å². The Morgan fingerprint density at radius 1 is 1.36 bits per heavy atom. The predicted octanol–water partition coefficient (Wildman–Crippen LogP) is 2.60. The lowest BCUT2D eigenvalue weighted by Gasteiger charge is -2.53. The first-order chi connectivity index (χ1) is 15.6. The van der Waals surface area contributed by atoms with Gasteiger partial charge in [0.2, 0.25) is 5.88 Å². The first kappa shape index (κ1) is 24.9. The van der Waals surface area contributed by atoms with Crippen molar-refractivity contribution in [1.29, 1.82) is 0 Å². The Labute approximate surface area is 189 Å². The van der Waals surface area contributed by atoms with Gasteiger partial charge in [-0.05, 0) is 38.2 Å². The number of rotatable bonds is 6. The molecule has 12 heteroatoms.